The third kappa shape index (κ3) is 5.42. The molecule has 0 aromatic heterocycles. The van der Waals surface area contributed by atoms with E-state index in [-0.39, 0.29) is 11.7 Å². The topological polar surface area (TPSA) is 18.5 Å². The average molecular weight is 251 g/mol. The van der Waals surface area contributed by atoms with E-state index in [0.29, 0.717) is 12.5 Å². The molecule has 2 heteroatoms. The molecular formula is C16H27O2. The van der Waals surface area contributed by atoms with Crippen molar-refractivity contribution in [2.45, 2.75) is 64.6 Å². The molecule has 1 atom stereocenters. The molecule has 1 unspecified atom stereocenters. The third-order valence-electron chi connectivity index (χ3n) is 3.16. The minimum Gasteiger partial charge on any atom is -0.378 e. The van der Waals surface area contributed by atoms with Gasteiger partial charge in [-0.05, 0) is 45.4 Å². The summed E-state index contributed by atoms with van der Waals surface area (Å²) >= 11 is 0. The second kappa shape index (κ2) is 7.81. The van der Waals surface area contributed by atoms with Crippen molar-refractivity contribution < 1.29 is 9.47 Å². The van der Waals surface area contributed by atoms with Gasteiger partial charge in [-0.2, -0.15) is 0 Å². The van der Waals surface area contributed by atoms with Crippen molar-refractivity contribution in [2.24, 2.45) is 5.92 Å². The van der Waals surface area contributed by atoms with Crippen LogP contribution in [-0.2, 0) is 9.47 Å². The first-order chi connectivity index (χ1) is 8.58. The first-order valence-electron chi connectivity index (χ1n) is 7.10. The Labute approximate surface area is 112 Å². The third-order valence-corrected chi connectivity index (χ3v) is 3.16. The quantitative estimate of drug-likeness (QED) is 0.671. The Hall–Kier alpha value is -0.520. The second-order valence-electron chi connectivity index (χ2n) is 5.60. The summed E-state index contributed by atoms with van der Waals surface area (Å²) in [5, 5.41) is 0. The maximum absolute atomic E-state index is 6.09. The van der Waals surface area contributed by atoms with Crippen LogP contribution < -0.4 is 0 Å². The fraction of sp³-hybridized carbons (Fsp3) is 0.812. The van der Waals surface area contributed by atoms with Crippen molar-refractivity contribution in [1.82, 2.24) is 0 Å². The van der Waals surface area contributed by atoms with Gasteiger partial charge >= 0.3 is 0 Å². The molecule has 1 radical (unpaired) electrons. The fourth-order valence-corrected chi connectivity index (χ4v) is 2.41. The van der Waals surface area contributed by atoms with Crippen LogP contribution in [0.15, 0.2) is 0 Å². The molecule has 1 fully saturated rings. The Balaban J connectivity index is 2.42. The lowest BCUT2D eigenvalue weighted by Gasteiger charge is -2.35. The summed E-state index contributed by atoms with van der Waals surface area (Å²) in [5.74, 6) is 6.83. The average Bonchev–Trinajstić information content (AvgIpc) is 2.29. The van der Waals surface area contributed by atoms with Crippen LogP contribution in [0.5, 0.6) is 0 Å². The van der Waals surface area contributed by atoms with Crippen LogP contribution in [0, 0.1) is 24.7 Å². The van der Waals surface area contributed by atoms with Gasteiger partial charge in [-0.25, -0.2) is 0 Å². The minimum absolute atomic E-state index is 0.123. The fourth-order valence-electron chi connectivity index (χ4n) is 2.41. The van der Waals surface area contributed by atoms with Crippen LogP contribution in [0.1, 0.15) is 52.9 Å². The van der Waals surface area contributed by atoms with Gasteiger partial charge in [0.05, 0.1) is 12.7 Å². The highest BCUT2D eigenvalue weighted by Crippen LogP contribution is 2.32. The van der Waals surface area contributed by atoms with Gasteiger partial charge in [-0.15, -0.1) is 5.92 Å². The van der Waals surface area contributed by atoms with E-state index in [9.17, 15) is 0 Å². The summed E-state index contributed by atoms with van der Waals surface area (Å²) < 4.78 is 11.7. The SMILES string of the molecule is [CH2]C(COCC(C)C)OC1(C#CC)CCCCC1. The van der Waals surface area contributed by atoms with Gasteiger partial charge in [0.2, 0.25) is 0 Å². The van der Waals surface area contributed by atoms with Gasteiger partial charge < -0.3 is 9.47 Å². The summed E-state index contributed by atoms with van der Waals surface area (Å²) in [6.45, 7) is 11.5. The van der Waals surface area contributed by atoms with Crippen LogP contribution >= 0.6 is 0 Å². The first-order valence-corrected chi connectivity index (χ1v) is 7.10. The molecular weight excluding hydrogens is 224 g/mol. The Morgan fingerprint density at radius 2 is 1.83 bits per heavy atom. The molecule has 0 aliphatic heterocycles. The number of rotatable bonds is 6. The lowest BCUT2D eigenvalue weighted by Crippen LogP contribution is -2.38. The lowest BCUT2D eigenvalue weighted by molar-refractivity contribution is -0.0878. The van der Waals surface area contributed by atoms with Crippen molar-refractivity contribution in [3.63, 3.8) is 0 Å². The number of ether oxygens (including phenoxy) is 2. The van der Waals surface area contributed by atoms with Crippen LogP contribution in [0.25, 0.3) is 0 Å². The molecule has 0 bridgehead atoms. The highest BCUT2D eigenvalue weighted by molar-refractivity contribution is 5.14. The van der Waals surface area contributed by atoms with Gasteiger partial charge in [0.25, 0.3) is 0 Å². The smallest absolute Gasteiger partial charge is 0.129 e. The molecule has 18 heavy (non-hydrogen) atoms. The van der Waals surface area contributed by atoms with E-state index in [1.807, 2.05) is 6.92 Å². The zero-order valence-corrected chi connectivity index (χ0v) is 12.1. The van der Waals surface area contributed by atoms with Crippen molar-refractivity contribution >= 4 is 0 Å². The highest BCUT2D eigenvalue weighted by Gasteiger charge is 2.32. The van der Waals surface area contributed by atoms with E-state index in [2.05, 4.69) is 32.6 Å². The van der Waals surface area contributed by atoms with E-state index in [1.165, 1.54) is 19.3 Å². The van der Waals surface area contributed by atoms with E-state index < -0.39 is 0 Å². The maximum Gasteiger partial charge on any atom is 0.129 e. The Morgan fingerprint density at radius 1 is 1.17 bits per heavy atom. The van der Waals surface area contributed by atoms with Gasteiger partial charge in [0.1, 0.15) is 5.60 Å². The molecule has 0 aromatic carbocycles. The van der Waals surface area contributed by atoms with Gasteiger partial charge in [0, 0.05) is 6.61 Å². The molecule has 1 aliphatic rings. The van der Waals surface area contributed by atoms with E-state index >= 15 is 0 Å². The van der Waals surface area contributed by atoms with Crippen LogP contribution in [0.4, 0.5) is 0 Å². The molecule has 0 N–H and O–H groups in total. The summed E-state index contributed by atoms with van der Waals surface area (Å²) in [7, 11) is 0. The largest absolute Gasteiger partial charge is 0.378 e. The first kappa shape index (κ1) is 15.5. The summed E-state index contributed by atoms with van der Waals surface area (Å²) in [5.41, 5.74) is -0.263. The molecule has 0 saturated heterocycles. The van der Waals surface area contributed by atoms with Crippen molar-refractivity contribution in [3.8, 4) is 11.8 Å². The van der Waals surface area contributed by atoms with Crippen LogP contribution in [-0.4, -0.2) is 24.9 Å². The van der Waals surface area contributed by atoms with E-state index in [0.717, 1.165) is 19.4 Å². The second-order valence-corrected chi connectivity index (χ2v) is 5.60. The molecule has 0 aromatic rings. The Kier molecular flexibility index (Phi) is 6.75. The predicted octanol–water partition coefficient (Wildman–Crippen LogP) is 3.60. The minimum atomic E-state index is -0.263. The Bertz CT molecular complexity index is 279. The monoisotopic (exact) mass is 251 g/mol. The number of hydrogen-bond donors (Lipinski definition) is 0. The van der Waals surface area contributed by atoms with Crippen LogP contribution in [0.3, 0.4) is 0 Å². The molecule has 1 aliphatic carbocycles. The van der Waals surface area contributed by atoms with Gasteiger partial charge in [-0.3, -0.25) is 0 Å². The van der Waals surface area contributed by atoms with Crippen molar-refractivity contribution in [2.75, 3.05) is 13.2 Å². The van der Waals surface area contributed by atoms with E-state index in [1.54, 1.807) is 0 Å². The molecule has 0 heterocycles. The molecule has 103 valence electrons. The highest BCUT2D eigenvalue weighted by atomic mass is 16.5. The normalized spacial score (nSPS) is 20.3. The standard InChI is InChI=1S/C16H27O2/c1-5-9-16(10-7-6-8-11-16)18-15(4)13-17-12-14(2)3/h14-15H,4,6-8,10-13H2,1-3H3. The molecule has 1 saturated carbocycles. The van der Waals surface area contributed by atoms with Gasteiger partial charge in [-0.1, -0.05) is 26.2 Å². The van der Waals surface area contributed by atoms with Crippen molar-refractivity contribution in [1.29, 1.82) is 0 Å². The zero-order valence-electron chi connectivity index (χ0n) is 12.1. The predicted molar refractivity (Wildman–Crippen MR) is 75.2 cm³/mol. The maximum atomic E-state index is 6.09. The van der Waals surface area contributed by atoms with E-state index in [4.69, 9.17) is 9.47 Å². The summed E-state index contributed by atoms with van der Waals surface area (Å²) in [6, 6.07) is 0. The molecule has 2 nitrogen and oxygen atoms in total. The zero-order chi connectivity index (χ0) is 13.4. The van der Waals surface area contributed by atoms with Gasteiger partial charge in [0.15, 0.2) is 0 Å². The summed E-state index contributed by atoms with van der Waals surface area (Å²) in [4.78, 5) is 0. The molecule has 0 spiro atoms. The Morgan fingerprint density at radius 3 is 2.39 bits per heavy atom. The number of hydrogen-bond acceptors (Lipinski definition) is 2. The lowest BCUT2D eigenvalue weighted by atomic mass is 9.85. The molecule has 0 amide bonds. The van der Waals surface area contributed by atoms with Crippen molar-refractivity contribution in [3.05, 3.63) is 6.92 Å². The summed E-state index contributed by atoms with van der Waals surface area (Å²) in [6.07, 6.45) is 5.64. The molecule has 1 rings (SSSR count). The van der Waals surface area contributed by atoms with Crippen LogP contribution in [0.2, 0.25) is 0 Å².